The zero-order valence-corrected chi connectivity index (χ0v) is 10.4. The number of ketones is 1. The minimum atomic E-state index is 0.0484. The molecule has 1 nitrogen and oxygen atoms in total. The van der Waals surface area contributed by atoms with E-state index in [9.17, 15) is 4.79 Å². The van der Waals surface area contributed by atoms with Gasteiger partial charge in [0.15, 0.2) is 0 Å². The van der Waals surface area contributed by atoms with Gasteiger partial charge in [0.1, 0.15) is 5.78 Å². The average Bonchev–Trinajstić information content (AvgIpc) is 2.22. The molecule has 0 amide bonds. The third-order valence-corrected chi connectivity index (χ3v) is 3.16. The third kappa shape index (κ3) is 3.51. The third-order valence-electron chi connectivity index (χ3n) is 2.42. The summed E-state index contributed by atoms with van der Waals surface area (Å²) in [5, 5.41) is 1.10. The largest absolute Gasteiger partial charge is 0.299 e. The van der Waals surface area contributed by atoms with Crippen LogP contribution in [0.1, 0.15) is 25.8 Å². The topological polar surface area (TPSA) is 17.1 Å². The highest BCUT2D eigenvalue weighted by atomic mass is 35.5. The fourth-order valence-corrected chi connectivity index (χ4v) is 1.80. The van der Waals surface area contributed by atoms with Crippen LogP contribution >= 0.6 is 23.2 Å². The molecule has 0 aliphatic heterocycles. The van der Waals surface area contributed by atoms with E-state index in [2.05, 4.69) is 0 Å². The summed E-state index contributed by atoms with van der Waals surface area (Å²) in [6, 6.07) is 5.50. The van der Waals surface area contributed by atoms with Crippen LogP contribution in [0.25, 0.3) is 0 Å². The van der Waals surface area contributed by atoms with Gasteiger partial charge in [-0.2, -0.15) is 0 Å². The second kappa shape index (κ2) is 5.53. The Morgan fingerprint density at radius 3 is 2.53 bits per heavy atom. The van der Waals surface area contributed by atoms with E-state index < -0.39 is 0 Å². The first-order valence-electron chi connectivity index (χ1n) is 5.01. The summed E-state index contributed by atoms with van der Waals surface area (Å²) in [6.07, 6.45) is 1.31. The van der Waals surface area contributed by atoms with Crippen molar-refractivity contribution in [2.45, 2.75) is 26.7 Å². The van der Waals surface area contributed by atoms with Crippen molar-refractivity contribution in [3.05, 3.63) is 33.8 Å². The van der Waals surface area contributed by atoms with Gasteiger partial charge in [0.2, 0.25) is 0 Å². The van der Waals surface area contributed by atoms with Crippen LogP contribution in [0.2, 0.25) is 10.0 Å². The Bertz CT molecular complexity index is 361. The van der Waals surface area contributed by atoms with E-state index in [1.165, 1.54) is 0 Å². The van der Waals surface area contributed by atoms with Gasteiger partial charge in [0.25, 0.3) is 0 Å². The predicted octanol–water partition coefficient (Wildman–Crippen LogP) is 4.15. The van der Waals surface area contributed by atoms with Gasteiger partial charge in [-0.25, -0.2) is 0 Å². The molecule has 82 valence electrons. The standard InChI is InChI=1S/C12H14Cl2O/c1-3-12(15)8(2)6-9-4-5-10(13)11(14)7-9/h4-5,7-8H,3,6H2,1-2H3. The summed E-state index contributed by atoms with van der Waals surface area (Å²) in [5.41, 5.74) is 1.05. The highest BCUT2D eigenvalue weighted by Gasteiger charge is 2.11. The van der Waals surface area contributed by atoms with E-state index in [0.29, 0.717) is 16.5 Å². The molecule has 0 aromatic heterocycles. The molecular formula is C12H14Cl2O. The Morgan fingerprint density at radius 1 is 1.33 bits per heavy atom. The lowest BCUT2D eigenvalue weighted by molar-refractivity contribution is -0.122. The van der Waals surface area contributed by atoms with E-state index in [1.54, 1.807) is 6.07 Å². The van der Waals surface area contributed by atoms with Crippen LogP contribution in [0.4, 0.5) is 0 Å². The molecule has 0 N–H and O–H groups in total. The van der Waals surface area contributed by atoms with E-state index in [0.717, 1.165) is 12.0 Å². The SMILES string of the molecule is CCC(=O)C(C)Cc1ccc(Cl)c(Cl)c1. The van der Waals surface area contributed by atoms with Crippen LogP contribution in [0.3, 0.4) is 0 Å². The molecule has 1 aromatic carbocycles. The highest BCUT2D eigenvalue weighted by molar-refractivity contribution is 6.42. The molecule has 0 radical (unpaired) electrons. The van der Waals surface area contributed by atoms with Crippen LogP contribution in [0.15, 0.2) is 18.2 Å². The fourth-order valence-electron chi connectivity index (χ4n) is 1.48. The summed E-state index contributed by atoms with van der Waals surface area (Å²) in [4.78, 5) is 11.4. The quantitative estimate of drug-likeness (QED) is 0.778. The summed E-state index contributed by atoms with van der Waals surface area (Å²) < 4.78 is 0. The van der Waals surface area contributed by atoms with Gasteiger partial charge in [-0.15, -0.1) is 0 Å². The second-order valence-corrected chi connectivity index (χ2v) is 4.49. The fraction of sp³-hybridized carbons (Fsp3) is 0.417. The lowest BCUT2D eigenvalue weighted by atomic mass is 9.96. The predicted molar refractivity (Wildman–Crippen MR) is 64.6 cm³/mol. The Hall–Kier alpha value is -0.530. The number of halogens is 2. The van der Waals surface area contributed by atoms with Gasteiger partial charge in [-0.05, 0) is 24.1 Å². The number of Topliss-reactive ketones (excluding diaryl/α,β-unsaturated/α-hetero) is 1. The van der Waals surface area contributed by atoms with E-state index in [-0.39, 0.29) is 11.7 Å². The molecule has 15 heavy (non-hydrogen) atoms. The van der Waals surface area contributed by atoms with Gasteiger partial charge in [-0.3, -0.25) is 4.79 Å². The monoisotopic (exact) mass is 244 g/mol. The first kappa shape index (κ1) is 12.5. The first-order valence-corrected chi connectivity index (χ1v) is 5.76. The maximum atomic E-state index is 11.4. The van der Waals surface area contributed by atoms with Gasteiger partial charge in [0.05, 0.1) is 10.0 Å². The van der Waals surface area contributed by atoms with Crippen molar-refractivity contribution in [3.63, 3.8) is 0 Å². The smallest absolute Gasteiger partial charge is 0.135 e. The highest BCUT2D eigenvalue weighted by Crippen LogP contribution is 2.24. The number of hydrogen-bond donors (Lipinski definition) is 0. The normalized spacial score (nSPS) is 12.5. The number of carbonyl (C=O) groups excluding carboxylic acids is 1. The Kier molecular flexibility index (Phi) is 4.62. The maximum Gasteiger partial charge on any atom is 0.135 e. The lowest BCUT2D eigenvalue weighted by Gasteiger charge is -2.09. The van der Waals surface area contributed by atoms with E-state index in [1.807, 2.05) is 26.0 Å². The molecule has 0 bridgehead atoms. The average molecular weight is 245 g/mol. The minimum absolute atomic E-state index is 0.0484. The Labute approximate surface area is 100 Å². The molecule has 0 saturated carbocycles. The van der Waals surface area contributed by atoms with Gasteiger partial charge >= 0.3 is 0 Å². The summed E-state index contributed by atoms with van der Waals surface area (Å²) in [5.74, 6) is 0.327. The van der Waals surface area contributed by atoms with E-state index in [4.69, 9.17) is 23.2 Å². The molecular weight excluding hydrogens is 231 g/mol. The number of hydrogen-bond acceptors (Lipinski definition) is 1. The molecule has 0 aliphatic rings. The number of rotatable bonds is 4. The Balaban J connectivity index is 2.73. The maximum absolute atomic E-state index is 11.4. The van der Waals surface area contributed by atoms with Crippen molar-refractivity contribution >= 4 is 29.0 Å². The van der Waals surface area contributed by atoms with Crippen molar-refractivity contribution in [3.8, 4) is 0 Å². The van der Waals surface area contributed by atoms with Crippen molar-refractivity contribution in [1.29, 1.82) is 0 Å². The summed E-state index contributed by atoms with van der Waals surface area (Å²) in [7, 11) is 0. The molecule has 0 heterocycles. The van der Waals surface area contributed by atoms with Crippen LogP contribution in [0, 0.1) is 5.92 Å². The van der Waals surface area contributed by atoms with Crippen molar-refractivity contribution in [1.82, 2.24) is 0 Å². The minimum Gasteiger partial charge on any atom is -0.299 e. The zero-order chi connectivity index (χ0) is 11.4. The van der Waals surface area contributed by atoms with Gasteiger partial charge < -0.3 is 0 Å². The van der Waals surface area contributed by atoms with Crippen molar-refractivity contribution in [2.24, 2.45) is 5.92 Å². The molecule has 0 aliphatic carbocycles. The van der Waals surface area contributed by atoms with E-state index >= 15 is 0 Å². The molecule has 1 rings (SSSR count). The number of benzene rings is 1. The van der Waals surface area contributed by atoms with Gasteiger partial charge in [-0.1, -0.05) is 43.1 Å². The number of carbonyl (C=O) groups is 1. The summed E-state index contributed by atoms with van der Waals surface area (Å²) >= 11 is 11.7. The van der Waals surface area contributed by atoms with Crippen LogP contribution in [-0.2, 0) is 11.2 Å². The van der Waals surface area contributed by atoms with Gasteiger partial charge in [0, 0.05) is 12.3 Å². The second-order valence-electron chi connectivity index (χ2n) is 3.67. The zero-order valence-electron chi connectivity index (χ0n) is 8.89. The van der Waals surface area contributed by atoms with Crippen LogP contribution < -0.4 is 0 Å². The van der Waals surface area contributed by atoms with Crippen molar-refractivity contribution in [2.75, 3.05) is 0 Å². The molecule has 1 unspecified atom stereocenters. The molecule has 0 saturated heterocycles. The summed E-state index contributed by atoms with van der Waals surface area (Å²) in [6.45, 7) is 3.82. The van der Waals surface area contributed by atoms with Crippen LogP contribution in [0.5, 0.6) is 0 Å². The first-order chi connectivity index (χ1) is 7.04. The molecule has 1 atom stereocenters. The lowest BCUT2D eigenvalue weighted by Crippen LogP contribution is -2.12. The van der Waals surface area contributed by atoms with Crippen molar-refractivity contribution < 1.29 is 4.79 Å². The molecule has 0 spiro atoms. The van der Waals surface area contributed by atoms with Crippen LogP contribution in [-0.4, -0.2) is 5.78 Å². The Morgan fingerprint density at radius 2 is 2.00 bits per heavy atom. The molecule has 0 fully saturated rings. The molecule has 1 aromatic rings. The molecule has 3 heteroatoms.